The fourth-order valence-corrected chi connectivity index (χ4v) is 2.13. The second kappa shape index (κ2) is 8.73. The van der Waals surface area contributed by atoms with E-state index >= 15 is 0 Å². The number of benzene rings is 1. The largest absolute Gasteiger partial charge is 0.497 e. The minimum atomic E-state index is -1.73. The Labute approximate surface area is 147 Å². The van der Waals surface area contributed by atoms with Crippen LogP contribution in [-0.2, 0) is 20.7 Å². The molecule has 0 unspecified atom stereocenters. The lowest BCUT2D eigenvalue weighted by Gasteiger charge is -2.23. The number of hydrogen-bond donors (Lipinski definition) is 3. The average Bonchev–Trinajstić information content (AvgIpc) is 2.51. The highest BCUT2D eigenvalue weighted by Crippen LogP contribution is 2.13. The Hall–Kier alpha value is -2.26. The van der Waals surface area contributed by atoms with Crippen LogP contribution in [0.3, 0.4) is 0 Å². The highest BCUT2D eigenvalue weighted by atomic mass is 16.6. The van der Waals surface area contributed by atoms with Gasteiger partial charge in [0.2, 0.25) is 0 Å². The first kappa shape index (κ1) is 20.8. The standard InChI is InChI=1S/C16H24BNO7/c1-16(2,3)25-15(20)18-12(14(19)24-5)9-10-6-7-13(23-4)11(8-10)17(21)22/h6-8,12,21-22H,9H2,1-5H3,(H,18,20)/t12-/m0/s1. The van der Waals surface area contributed by atoms with E-state index in [0.29, 0.717) is 11.3 Å². The molecule has 1 amide bonds. The molecule has 0 fully saturated rings. The van der Waals surface area contributed by atoms with Crippen LogP contribution in [0.4, 0.5) is 4.79 Å². The normalized spacial score (nSPS) is 12.1. The van der Waals surface area contributed by atoms with Gasteiger partial charge in [-0.2, -0.15) is 0 Å². The third-order valence-electron chi connectivity index (χ3n) is 3.19. The summed E-state index contributed by atoms with van der Waals surface area (Å²) in [7, 11) is 0.885. The molecular weight excluding hydrogens is 329 g/mol. The van der Waals surface area contributed by atoms with Gasteiger partial charge in [-0.3, -0.25) is 0 Å². The Morgan fingerprint density at radius 2 is 1.88 bits per heavy atom. The monoisotopic (exact) mass is 353 g/mol. The maximum absolute atomic E-state index is 11.9. The molecule has 0 aliphatic rings. The van der Waals surface area contributed by atoms with Gasteiger partial charge in [-0.15, -0.1) is 0 Å². The maximum Gasteiger partial charge on any atom is 0.492 e. The predicted octanol–water partition coefficient (Wildman–Crippen LogP) is -0.0162. The lowest BCUT2D eigenvalue weighted by molar-refractivity contribution is -0.143. The molecule has 1 atom stereocenters. The molecule has 0 aromatic heterocycles. The number of amides is 1. The molecule has 1 aromatic carbocycles. The van der Waals surface area contributed by atoms with Gasteiger partial charge in [0.05, 0.1) is 14.2 Å². The molecule has 0 heterocycles. The van der Waals surface area contributed by atoms with Crippen LogP contribution in [0.1, 0.15) is 26.3 Å². The lowest BCUT2D eigenvalue weighted by Crippen LogP contribution is -2.45. The molecule has 0 radical (unpaired) electrons. The van der Waals surface area contributed by atoms with Crippen molar-refractivity contribution in [2.75, 3.05) is 14.2 Å². The SMILES string of the molecule is COC(=O)[C@H](Cc1ccc(OC)c(B(O)O)c1)NC(=O)OC(C)(C)C. The van der Waals surface area contributed by atoms with Crippen LogP contribution in [0.2, 0.25) is 0 Å². The Morgan fingerprint density at radius 3 is 2.36 bits per heavy atom. The number of hydrogen-bond acceptors (Lipinski definition) is 7. The summed E-state index contributed by atoms with van der Waals surface area (Å²) in [4.78, 5) is 23.9. The van der Waals surface area contributed by atoms with Gasteiger partial charge in [0.15, 0.2) is 0 Å². The molecule has 0 saturated heterocycles. The Balaban J connectivity index is 2.97. The van der Waals surface area contributed by atoms with E-state index in [1.165, 1.54) is 20.3 Å². The first-order valence-corrected chi connectivity index (χ1v) is 7.67. The Bertz CT molecular complexity index is 613. The first-order chi connectivity index (χ1) is 11.6. The summed E-state index contributed by atoms with van der Waals surface area (Å²) in [6.07, 6.45) is -0.672. The van der Waals surface area contributed by atoms with Crippen LogP contribution in [0.5, 0.6) is 5.75 Å². The summed E-state index contributed by atoms with van der Waals surface area (Å²) >= 11 is 0. The molecule has 0 aliphatic heterocycles. The molecular formula is C16H24BNO7. The summed E-state index contributed by atoms with van der Waals surface area (Å²) < 4.78 is 14.9. The highest BCUT2D eigenvalue weighted by molar-refractivity contribution is 6.59. The van der Waals surface area contributed by atoms with Crippen LogP contribution in [-0.4, -0.2) is 55.1 Å². The number of carbonyl (C=O) groups is 2. The van der Waals surface area contributed by atoms with Crippen molar-refractivity contribution in [1.82, 2.24) is 5.32 Å². The van der Waals surface area contributed by atoms with E-state index < -0.39 is 30.8 Å². The van der Waals surface area contributed by atoms with Crippen molar-refractivity contribution in [3.05, 3.63) is 23.8 Å². The summed E-state index contributed by atoms with van der Waals surface area (Å²) in [5.41, 5.74) is 0.0233. The molecule has 9 heteroatoms. The van der Waals surface area contributed by atoms with E-state index in [4.69, 9.17) is 14.2 Å². The van der Waals surface area contributed by atoms with Gasteiger partial charge in [-0.1, -0.05) is 12.1 Å². The molecule has 3 N–H and O–H groups in total. The molecule has 0 bridgehead atoms. The zero-order valence-corrected chi connectivity index (χ0v) is 15.0. The fourth-order valence-electron chi connectivity index (χ4n) is 2.13. The van der Waals surface area contributed by atoms with Crippen LogP contribution in [0.25, 0.3) is 0 Å². The Kier molecular flexibility index (Phi) is 7.26. The van der Waals surface area contributed by atoms with Crippen molar-refractivity contribution in [2.24, 2.45) is 0 Å². The van der Waals surface area contributed by atoms with Gasteiger partial charge in [0, 0.05) is 11.9 Å². The molecule has 8 nitrogen and oxygen atoms in total. The summed E-state index contributed by atoms with van der Waals surface area (Å²) in [6.45, 7) is 5.12. The van der Waals surface area contributed by atoms with Crippen molar-refractivity contribution in [3.8, 4) is 5.75 Å². The molecule has 0 aliphatic carbocycles. The van der Waals surface area contributed by atoms with E-state index in [2.05, 4.69) is 5.32 Å². The smallest absolute Gasteiger partial charge is 0.492 e. The van der Waals surface area contributed by atoms with Gasteiger partial charge in [-0.05, 0) is 32.4 Å². The second-order valence-electron chi connectivity index (χ2n) is 6.38. The quantitative estimate of drug-likeness (QED) is 0.487. The fraction of sp³-hybridized carbons (Fsp3) is 0.500. The van der Waals surface area contributed by atoms with E-state index in [9.17, 15) is 19.6 Å². The summed E-state index contributed by atoms with van der Waals surface area (Å²) in [5, 5.41) is 21.3. The summed E-state index contributed by atoms with van der Waals surface area (Å²) in [5.74, 6) is -0.346. The number of nitrogens with one attached hydrogen (secondary N) is 1. The zero-order valence-electron chi connectivity index (χ0n) is 15.0. The molecule has 0 spiro atoms. The van der Waals surface area contributed by atoms with Gasteiger partial charge < -0.3 is 29.6 Å². The Morgan fingerprint density at radius 1 is 1.24 bits per heavy atom. The maximum atomic E-state index is 11.9. The van der Waals surface area contributed by atoms with Gasteiger partial charge in [0.1, 0.15) is 17.4 Å². The van der Waals surface area contributed by atoms with Crippen molar-refractivity contribution in [1.29, 1.82) is 0 Å². The van der Waals surface area contributed by atoms with Crippen LogP contribution in [0.15, 0.2) is 18.2 Å². The number of alkyl carbamates (subject to hydrolysis) is 1. The lowest BCUT2D eigenvalue weighted by atomic mass is 9.78. The minimum Gasteiger partial charge on any atom is -0.497 e. The molecule has 1 rings (SSSR count). The minimum absolute atomic E-state index is 0.0790. The van der Waals surface area contributed by atoms with Crippen LogP contribution in [0, 0.1) is 0 Å². The van der Waals surface area contributed by atoms with Crippen molar-refractivity contribution in [2.45, 2.75) is 38.8 Å². The zero-order chi connectivity index (χ0) is 19.2. The molecule has 138 valence electrons. The van der Waals surface area contributed by atoms with E-state index in [0.717, 1.165) is 0 Å². The topological polar surface area (TPSA) is 114 Å². The highest BCUT2D eigenvalue weighted by Gasteiger charge is 2.26. The average molecular weight is 353 g/mol. The molecule has 1 aromatic rings. The van der Waals surface area contributed by atoms with E-state index in [1.54, 1.807) is 32.9 Å². The van der Waals surface area contributed by atoms with E-state index in [1.807, 2.05) is 0 Å². The number of ether oxygens (including phenoxy) is 3. The van der Waals surface area contributed by atoms with Gasteiger partial charge in [-0.25, -0.2) is 9.59 Å². The third-order valence-corrected chi connectivity index (χ3v) is 3.19. The van der Waals surface area contributed by atoms with Crippen LogP contribution < -0.4 is 15.5 Å². The van der Waals surface area contributed by atoms with Gasteiger partial charge in [0.25, 0.3) is 0 Å². The predicted molar refractivity (Wildman–Crippen MR) is 91.7 cm³/mol. The van der Waals surface area contributed by atoms with Gasteiger partial charge >= 0.3 is 19.2 Å². The van der Waals surface area contributed by atoms with Crippen LogP contribution >= 0.6 is 0 Å². The first-order valence-electron chi connectivity index (χ1n) is 7.67. The van der Waals surface area contributed by atoms with Crippen molar-refractivity contribution >= 4 is 24.6 Å². The van der Waals surface area contributed by atoms with Crippen molar-refractivity contribution in [3.63, 3.8) is 0 Å². The van der Waals surface area contributed by atoms with E-state index in [-0.39, 0.29) is 11.9 Å². The summed E-state index contributed by atoms with van der Waals surface area (Å²) in [6, 6.07) is 3.69. The number of esters is 1. The number of carbonyl (C=O) groups excluding carboxylic acids is 2. The third kappa shape index (κ3) is 6.63. The van der Waals surface area contributed by atoms with Crippen molar-refractivity contribution < 1.29 is 33.8 Å². The number of methoxy groups -OCH3 is 2. The molecule has 25 heavy (non-hydrogen) atoms. The molecule has 0 saturated carbocycles. The second-order valence-corrected chi connectivity index (χ2v) is 6.38. The number of rotatable bonds is 6.